The molecule has 1 saturated carbocycles. The van der Waals surface area contributed by atoms with Gasteiger partial charge in [-0.05, 0) is 26.2 Å². The van der Waals surface area contributed by atoms with Crippen molar-refractivity contribution < 1.29 is 0 Å². The van der Waals surface area contributed by atoms with E-state index in [-0.39, 0.29) is 0 Å². The average molecular weight is 207 g/mol. The van der Waals surface area contributed by atoms with E-state index in [4.69, 9.17) is 0 Å². The van der Waals surface area contributed by atoms with Crippen molar-refractivity contribution in [2.75, 3.05) is 0 Å². The van der Waals surface area contributed by atoms with E-state index in [2.05, 4.69) is 28.7 Å². The van der Waals surface area contributed by atoms with Gasteiger partial charge in [-0.3, -0.25) is 0 Å². The van der Waals surface area contributed by atoms with Gasteiger partial charge in [0, 0.05) is 24.8 Å². The molecule has 1 aliphatic rings. The molecule has 0 bridgehead atoms. The fourth-order valence-electron chi connectivity index (χ4n) is 1.96. The highest BCUT2D eigenvalue weighted by molar-refractivity contribution is 5.01. The van der Waals surface area contributed by atoms with Gasteiger partial charge >= 0.3 is 0 Å². The first-order valence-electron chi connectivity index (χ1n) is 6.05. The summed E-state index contributed by atoms with van der Waals surface area (Å²) in [4.78, 5) is 4.25. The van der Waals surface area contributed by atoms with E-state index in [9.17, 15) is 0 Å². The Morgan fingerprint density at radius 2 is 2.40 bits per heavy atom. The molecule has 1 aliphatic carbocycles. The number of rotatable bonds is 6. The molecular formula is C12H21N3. The molecule has 1 heterocycles. The summed E-state index contributed by atoms with van der Waals surface area (Å²) in [5, 5.41) is 3.54. The van der Waals surface area contributed by atoms with E-state index < -0.39 is 0 Å². The molecule has 0 amide bonds. The van der Waals surface area contributed by atoms with Gasteiger partial charge in [0.2, 0.25) is 0 Å². The largest absolute Gasteiger partial charge is 0.331 e. The molecule has 3 nitrogen and oxygen atoms in total. The first-order valence-corrected chi connectivity index (χ1v) is 6.05. The molecule has 1 unspecified atom stereocenters. The third kappa shape index (κ3) is 2.81. The lowest BCUT2D eigenvalue weighted by Gasteiger charge is -2.15. The van der Waals surface area contributed by atoms with E-state index in [0.29, 0.717) is 6.04 Å². The van der Waals surface area contributed by atoms with E-state index in [0.717, 1.165) is 12.6 Å². The van der Waals surface area contributed by atoms with Crippen LogP contribution in [0.1, 0.15) is 51.3 Å². The van der Waals surface area contributed by atoms with Crippen LogP contribution in [-0.4, -0.2) is 15.6 Å². The smallest absolute Gasteiger partial charge is 0.0951 e. The molecule has 1 N–H and O–H groups in total. The second-order valence-electron chi connectivity index (χ2n) is 4.59. The van der Waals surface area contributed by atoms with Crippen molar-refractivity contribution in [2.24, 2.45) is 0 Å². The normalized spacial score (nSPS) is 18.0. The Morgan fingerprint density at radius 3 is 3.07 bits per heavy atom. The molecule has 15 heavy (non-hydrogen) atoms. The highest BCUT2D eigenvalue weighted by Crippen LogP contribution is 2.20. The van der Waals surface area contributed by atoms with Crippen LogP contribution in [0.25, 0.3) is 0 Å². The molecule has 1 atom stereocenters. The Kier molecular flexibility index (Phi) is 3.41. The number of aromatic nitrogens is 2. The van der Waals surface area contributed by atoms with Gasteiger partial charge in [-0.25, -0.2) is 4.98 Å². The summed E-state index contributed by atoms with van der Waals surface area (Å²) in [5.74, 6) is 0. The summed E-state index contributed by atoms with van der Waals surface area (Å²) in [6.07, 6.45) is 9.10. The predicted molar refractivity (Wildman–Crippen MR) is 61.7 cm³/mol. The van der Waals surface area contributed by atoms with Crippen molar-refractivity contribution in [3.05, 3.63) is 18.2 Å². The van der Waals surface area contributed by atoms with E-state index in [1.54, 1.807) is 0 Å². The summed E-state index contributed by atoms with van der Waals surface area (Å²) in [7, 11) is 0. The van der Waals surface area contributed by atoms with Crippen molar-refractivity contribution in [1.29, 1.82) is 0 Å². The van der Waals surface area contributed by atoms with Crippen molar-refractivity contribution >= 4 is 0 Å². The van der Waals surface area contributed by atoms with Gasteiger partial charge in [0.15, 0.2) is 0 Å². The van der Waals surface area contributed by atoms with Gasteiger partial charge in [0.25, 0.3) is 0 Å². The molecular weight excluding hydrogens is 186 g/mol. The van der Waals surface area contributed by atoms with Crippen LogP contribution in [0.4, 0.5) is 0 Å². The van der Waals surface area contributed by atoms with Crippen molar-refractivity contribution in [2.45, 2.75) is 58.2 Å². The Balaban J connectivity index is 1.93. The van der Waals surface area contributed by atoms with Gasteiger partial charge in [0.1, 0.15) is 0 Å². The third-order valence-corrected chi connectivity index (χ3v) is 3.08. The summed E-state index contributed by atoms with van der Waals surface area (Å²) >= 11 is 0. The van der Waals surface area contributed by atoms with Crippen LogP contribution in [0.3, 0.4) is 0 Å². The van der Waals surface area contributed by atoms with Gasteiger partial charge in [-0.1, -0.05) is 13.3 Å². The van der Waals surface area contributed by atoms with Gasteiger partial charge in [0.05, 0.1) is 12.0 Å². The van der Waals surface area contributed by atoms with Crippen LogP contribution in [-0.2, 0) is 6.54 Å². The maximum absolute atomic E-state index is 4.25. The monoisotopic (exact) mass is 207 g/mol. The Morgan fingerprint density at radius 1 is 1.60 bits per heavy atom. The van der Waals surface area contributed by atoms with Crippen molar-refractivity contribution in [1.82, 2.24) is 14.9 Å². The Bertz CT molecular complexity index is 302. The lowest BCUT2D eigenvalue weighted by molar-refractivity contribution is 0.476. The second kappa shape index (κ2) is 4.79. The lowest BCUT2D eigenvalue weighted by atomic mass is 10.2. The molecule has 0 spiro atoms. The maximum Gasteiger partial charge on any atom is 0.0951 e. The fourth-order valence-corrected chi connectivity index (χ4v) is 1.96. The maximum atomic E-state index is 4.25. The van der Waals surface area contributed by atoms with Crippen molar-refractivity contribution in [3.63, 3.8) is 0 Å². The molecule has 0 aliphatic heterocycles. The molecule has 0 aromatic carbocycles. The van der Waals surface area contributed by atoms with Crippen LogP contribution in [0.5, 0.6) is 0 Å². The molecule has 84 valence electrons. The van der Waals surface area contributed by atoms with E-state index >= 15 is 0 Å². The quantitative estimate of drug-likeness (QED) is 0.776. The molecule has 0 radical (unpaired) electrons. The topological polar surface area (TPSA) is 29.9 Å². The average Bonchev–Trinajstić information content (AvgIpc) is 2.93. The predicted octanol–water partition coefficient (Wildman–Crippen LogP) is 2.50. The summed E-state index contributed by atoms with van der Waals surface area (Å²) in [5.41, 5.74) is 1.32. The van der Waals surface area contributed by atoms with Crippen LogP contribution < -0.4 is 5.32 Å². The van der Waals surface area contributed by atoms with Crippen molar-refractivity contribution in [3.8, 4) is 0 Å². The molecule has 1 aromatic rings. The zero-order chi connectivity index (χ0) is 10.7. The highest BCUT2D eigenvalue weighted by atomic mass is 15.1. The van der Waals surface area contributed by atoms with Crippen LogP contribution in [0.15, 0.2) is 12.5 Å². The minimum absolute atomic E-state index is 0.577. The van der Waals surface area contributed by atoms with Gasteiger partial charge in [-0.15, -0.1) is 0 Å². The van der Waals surface area contributed by atoms with Crippen LogP contribution >= 0.6 is 0 Å². The fraction of sp³-hybridized carbons (Fsp3) is 0.750. The van der Waals surface area contributed by atoms with E-state index in [1.165, 1.54) is 31.4 Å². The molecule has 1 aromatic heterocycles. The van der Waals surface area contributed by atoms with Crippen LogP contribution in [0, 0.1) is 0 Å². The van der Waals surface area contributed by atoms with Gasteiger partial charge in [-0.2, -0.15) is 0 Å². The zero-order valence-electron chi connectivity index (χ0n) is 9.74. The second-order valence-corrected chi connectivity index (χ2v) is 4.59. The van der Waals surface area contributed by atoms with Crippen LogP contribution in [0.2, 0.25) is 0 Å². The number of nitrogens with one attached hydrogen (secondary N) is 1. The molecule has 1 fully saturated rings. The lowest BCUT2D eigenvalue weighted by Crippen LogP contribution is -2.19. The van der Waals surface area contributed by atoms with Gasteiger partial charge < -0.3 is 9.88 Å². The summed E-state index contributed by atoms with van der Waals surface area (Å²) in [6, 6.07) is 1.35. The number of nitrogens with zero attached hydrogens (tertiary/aromatic N) is 2. The minimum Gasteiger partial charge on any atom is -0.331 e. The molecule has 2 rings (SSSR count). The Hall–Kier alpha value is -0.830. The zero-order valence-corrected chi connectivity index (χ0v) is 9.74. The standard InChI is InChI=1S/C12H21N3/c1-3-4-10(2)15-9-13-7-12(15)8-14-11-5-6-11/h7,9-11,14H,3-6,8H2,1-2H3. The number of hydrogen-bond acceptors (Lipinski definition) is 2. The minimum atomic E-state index is 0.577. The van der Waals surface area contributed by atoms with E-state index in [1.807, 2.05) is 12.5 Å². The third-order valence-electron chi connectivity index (χ3n) is 3.08. The number of imidazole rings is 1. The first kappa shape index (κ1) is 10.7. The highest BCUT2D eigenvalue weighted by Gasteiger charge is 2.20. The molecule has 0 saturated heterocycles. The summed E-state index contributed by atoms with van der Waals surface area (Å²) in [6.45, 7) is 5.47. The molecule has 3 heteroatoms. The summed E-state index contributed by atoms with van der Waals surface area (Å²) < 4.78 is 2.30. The SMILES string of the molecule is CCCC(C)n1cncc1CNC1CC1. The first-order chi connectivity index (χ1) is 7.31. The number of hydrogen-bond donors (Lipinski definition) is 1. The Labute approximate surface area is 91.9 Å².